The lowest BCUT2D eigenvalue weighted by atomic mass is 10.7. The molecule has 0 atom stereocenters. The minimum atomic E-state index is -4.98. The summed E-state index contributed by atoms with van der Waals surface area (Å²) in [5.74, 6) is 0. The second kappa shape index (κ2) is 4.84. The molecule has 0 aromatic heterocycles. The minimum absolute atomic E-state index is 1.95. The van der Waals surface area contributed by atoms with Gasteiger partial charge in [0.25, 0.3) is 0 Å². The molecule has 0 aliphatic carbocycles. The lowest BCUT2D eigenvalue weighted by Crippen LogP contribution is -2.32. The van der Waals surface area contributed by atoms with E-state index in [0.717, 1.165) is 0 Å². The molecular formula is C6H7F9Si. The van der Waals surface area contributed by atoms with Crippen molar-refractivity contribution in [1.82, 2.24) is 0 Å². The van der Waals surface area contributed by atoms with Gasteiger partial charge in [-0.05, 0) is 0 Å². The van der Waals surface area contributed by atoms with Crippen LogP contribution in [-0.4, -0.2) is 27.3 Å². The zero-order chi connectivity index (χ0) is 13.2. The molecule has 0 nitrogen and oxygen atoms in total. The largest absolute Gasteiger partial charge is 0.386 e. The van der Waals surface area contributed by atoms with Crippen molar-refractivity contribution in [3.05, 3.63) is 0 Å². The van der Waals surface area contributed by atoms with E-state index in [-0.39, 0.29) is 0 Å². The molecule has 0 N–H and O–H groups in total. The average molecular weight is 278 g/mol. The Bertz CT molecular complexity index is 173. The van der Waals surface area contributed by atoms with Crippen molar-refractivity contribution in [3.63, 3.8) is 0 Å². The molecule has 0 amide bonds. The molecule has 0 heterocycles. The predicted octanol–water partition coefficient (Wildman–Crippen LogP) is 3.90. The zero-order valence-corrected chi connectivity index (χ0v) is 8.76. The van der Waals surface area contributed by atoms with Gasteiger partial charge in [-0.2, -0.15) is 39.5 Å². The van der Waals surface area contributed by atoms with Gasteiger partial charge in [-0.1, -0.05) is 0 Å². The normalized spacial score (nSPS) is 14.6. The molecule has 0 bridgehead atoms. The van der Waals surface area contributed by atoms with Crippen LogP contribution < -0.4 is 0 Å². The second-order valence-electron chi connectivity index (χ2n) is 3.32. The molecular weight excluding hydrogens is 271 g/mol. The van der Waals surface area contributed by atoms with E-state index in [4.69, 9.17) is 0 Å². The summed E-state index contributed by atoms with van der Waals surface area (Å²) in [6.45, 7) is 0. The monoisotopic (exact) mass is 278 g/mol. The van der Waals surface area contributed by atoms with Crippen molar-refractivity contribution in [2.24, 2.45) is 0 Å². The second-order valence-corrected chi connectivity index (χ2v) is 6.28. The van der Waals surface area contributed by atoms with Gasteiger partial charge >= 0.3 is 18.5 Å². The van der Waals surface area contributed by atoms with E-state index in [1.165, 1.54) is 0 Å². The Labute approximate surface area is 86.0 Å². The van der Waals surface area contributed by atoms with Crippen molar-refractivity contribution in [1.29, 1.82) is 0 Å². The summed E-state index contributed by atoms with van der Waals surface area (Å²) in [6.07, 6.45) is -14.9. The maximum absolute atomic E-state index is 11.8. The molecule has 16 heavy (non-hydrogen) atoms. The Balaban J connectivity index is 4.53. The molecule has 0 aliphatic heterocycles. The molecule has 0 aromatic carbocycles. The summed E-state index contributed by atoms with van der Waals surface area (Å²) in [4.78, 5) is 0. The first-order chi connectivity index (χ1) is 6.79. The fourth-order valence-electron chi connectivity index (χ4n) is 1.20. The molecule has 10 heteroatoms. The third-order valence-corrected chi connectivity index (χ3v) is 4.68. The van der Waals surface area contributed by atoms with Crippen LogP contribution in [0.15, 0.2) is 0 Å². The van der Waals surface area contributed by atoms with Gasteiger partial charge in [0.05, 0.1) is 8.80 Å². The van der Waals surface area contributed by atoms with Crippen molar-refractivity contribution >= 4 is 8.80 Å². The SMILES string of the molecule is FC(F)(F)C[SiH](CC(F)(F)F)CC(F)(F)F. The summed E-state index contributed by atoms with van der Waals surface area (Å²) in [6, 6.07) is -5.86. The van der Waals surface area contributed by atoms with Crippen LogP contribution in [0.4, 0.5) is 39.5 Å². The zero-order valence-electron chi connectivity index (χ0n) is 7.60. The van der Waals surface area contributed by atoms with Crippen LogP contribution in [0.2, 0.25) is 18.1 Å². The predicted molar refractivity (Wildman–Crippen MR) is 39.7 cm³/mol. The lowest BCUT2D eigenvalue weighted by molar-refractivity contribution is -0.124. The Morgan fingerprint density at radius 1 is 0.500 bits per heavy atom. The maximum Gasteiger partial charge on any atom is 0.386 e. The highest BCUT2D eigenvalue weighted by atomic mass is 28.3. The van der Waals surface area contributed by atoms with Crippen molar-refractivity contribution < 1.29 is 39.5 Å². The van der Waals surface area contributed by atoms with E-state index in [1.54, 1.807) is 0 Å². The molecule has 0 spiro atoms. The number of hydrogen-bond donors (Lipinski definition) is 0. The Kier molecular flexibility index (Phi) is 4.72. The van der Waals surface area contributed by atoms with Gasteiger partial charge in [-0.3, -0.25) is 0 Å². The van der Waals surface area contributed by atoms with Crippen molar-refractivity contribution in [2.45, 2.75) is 36.7 Å². The van der Waals surface area contributed by atoms with Crippen LogP contribution in [-0.2, 0) is 0 Å². The minimum Gasteiger partial charge on any atom is -0.172 e. The number of hydrogen-bond acceptors (Lipinski definition) is 0. The first kappa shape index (κ1) is 15.6. The summed E-state index contributed by atoms with van der Waals surface area (Å²) < 4.78 is 106. The lowest BCUT2D eigenvalue weighted by Gasteiger charge is -2.19. The van der Waals surface area contributed by atoms with E-state index in [1.807, 2.05) is 0 Å². The van der Waals surface area contributed by atoms with E-state index in [2.05, 4.69) is 0 Å². The van der Waals surface area contributed by atoms with Crippen LogP contribution in [0.25, 0.3) is 0 Å². The Morgan fingerprint density at radius 3 is 0.812 bits per heavy atom. The summed E-state index contributed by atoms with van der Waals surface area (Å²) in [7, 11) is -3.98. The topological polar surface area (TPSA) is 0 Å². The van der Waals surface area contributed by atoms with Crippen molar-refractivity contribution in [2.75, 3.05) is 0 Å². The molecule has 0 unspecified atom stereocenters. The molecule has 98 valence electrons. The van der Waals surface area contributed by atoms with E-state index in [0.29, 0.717) is 0 Å². The fraction of sp³-hybridized carbons (Fsp3) is 1.00. The number of alkyl halides is 9. The van der Waals surface area contributed by atoms with E-state index < -0.39 is 45.5 Å². The highest BCUT2D eigenvalue weighted by Crippen LogP contribution is 2.35. The summed E-state index contributed by atoms with van der Waals surface area (Å²) in [5.41, 5.74) is 0. The van der Waals surface area contributed by atoms with Gasteiger partial charge in [-0.15, -0.1) is 0 Å². The highest BCUT2D eigenvalue weighted by molar-refractivity contribution is 6.59. The van der Waals surface area contributed by atoms with Gasteiger partial charge in [0.2, 0.25) is 0 Å². The average Bonchev–Trinajstić information content (AvgIpc) is 1.70. The Morgan fingerprint density at radius 2 is 0.688 bits per heavy atom. The van der Waals surface area contributed by atoms with Gasteiger partial charge in [0.15, 0.2) is 0 Å². The number of rotatable bonds is 3. The van der Waals surface area contributed by atoms with Crippen LogP contribution in [0.5, 0.6) is 0 Å². The first-order valence-corrected chi connectivity index (χ1v) is 6.44. The third kappa shape index (κ3) is 10.1. The molecule has 0 saturated carbocycles. The van der Waals surface area contributed by atoms with Crippen LogP contribution in [0, 0.1) is 0 Å². The van der Waals surface area contributed by atoms with Gasteiger partial charge in [0, 0.05) is 18.1 Å². The maximum atomic E-state index is 11.8. The summed E-state index contributed by atoms with van der Waals surface area (Å²) in [5, 5.41) is 0. The third-order valence-electron chi connectivity index (χ3n) is 1.56. The molecule has 0 aliphatic rings. The molecule has 0 radical (unpaired) electrons. The standard InChI is InChI=1S/C6H7F9Si/c7-4(8,9)1-16(2-5(10,11)12)3-6(13,14)15/h16H,1-3H2. The van der Waals surface area contributed by atoms with Crippen LogP contribution in [0.3, 0.4) is 0 Å². The van der Waals surface area contributed by atoms with Crippen LogP contribution >= 0.6 is 0 Å². The smallest absolute Gasteiger partial charge is 0.172 e. The summed E-state index contributed by atoms with van der Waals surface area (Å²) >= 11 is 0. The van der Waals surface area contributed by atoms with Gasteiger partial charge < -0.3 is 0 Å². The Hall–Kier alpha value is -0.413. The van der Waals surface area contributed by atoms with Gasteiger partial charge in [0.1, 0.15) is 0 Å². The fourth-order valence-corrected chi connectivity index (χ4v) is 3.60. The number of halogens is 9. The highest BCUT2D eigenvalue weighted by Gasteiger charge is 2.44. The van der Waals surface area contributed by atoms with Crippen LogP contribution in [0.1, 0.15) is 0 Å². The molecule has 0 rings (SSSR count). The van der Waals surface area contributed by atoms with Crippen molar-refractivity contribution in [3.8, 4) is 0 Å². The molecule has 0 saturated heterocycles. The molecule has 0 fully saturated rings. The van der Waals surface area contributed by atoms with E-state index >= 15 is 0 Å². The molecule has 0 aromatic rings. The quantitative estimate of drug-likeness (QED) is 0.542. The van der Waals surface area contributed by atoms with E-state index in [9.17, 15) is 39.5 Å². The van der Waals surface area contributed by atoms with Gasteiger partial charge in [-0.25, -0.2) is 0 Å². The first-order valence-electron chi connectivity index (χ1n) is 3.99.